The molecule has 1 aromatic carbocycles. The van der Waals surface area contributed by atoms with E-state index in [0.29, 0.717) is 30.3 Å². The van der Waals surface area contributed by atoms with E-state index < -0.39 is 6.10 Å². The number of carbonyl (C=O) groups is 2. The van der Waals surface area contributed by atoms with Crippen molar-refractivity contribution in [2.75, 3.05) is 19.0 Å². The van der Waals surface area contributed by atoms with Gasteiger partial charge in [0, 0.05) is 37.1 Å². The number of nitrogens with one attached hydrogen (secondary N) is 1. The predicted octanol–water partition coefficient (Wildman–Crippen LogP) is 4.29. The molecule has 1 aliphatic heterocycles. The molecule has 1 N–H and O–H groups in total. The van der Waals surface area contributed by atoms with Crippen LogP contribution in [-0.4, -0.2) is 46.0 Å². The van der Waals surface area contributed by atoms with Gasteiger partial charge in [-0.15, -0.1) is 11.3 Å². The molecule has 3 aromatic rings. The Hall–Kier alpha value is -2.71. The second-order valence-electron chi connectivity index (χ2n) is 8.78. The molecule has 1 saturated carbocycles. The molecule has 0 bridgehead atoms. The van der Waals surface area contributed by atoms with Gasteiger partial charge in [0.25, 0.3) is 11.8 Å². The molecule has 1 unspecified atom stereocenters. The number of rotatable bonds is 6. The number of hydrogen-bond acceptors (Lipinski definition) is 5. The fourth-order valence-corrected chi connectivity index (χ4v) is 5.30. The first-order valence-corrected chi connectivity index (χ1v) is 12.1. The summed E-state index contributed by atoms with van der Waals surface area (Å²) in [7, 11) is 3.80. The Morgan fingerprint density at radius 2 is 2.12 bits per heavy atom. The number of carbonyl (C=O) groups excluding carboxylic acids is 2. The van der Waals surface area contributed by atoms with E-state index in [2.05, 4.69) is 9.88 Å². The molecule has 5 rings (SSSR count). The van der Waals surface area contributed by atoms with Gasteiger partial charge in [-0.25, -0.2) is 4.98 Å². The maximum atomic E-state index is 13.3. The summed E-state index contributed by atoms with van der Waals surface area (Å²) in [6.07, 6.45) is 4.64. The van der Waals surface area contributed by atoms with Crippen LogP contribution in [0.4, 0.5) is 5.69 Å². The molecule has 0 radical (unpaired) electrons. The van der Waals surface area contributed by atoms with Gasteiger partial charge < -0.3 is 19.5 Å². The topological polar surface area (TPSA) is 76.5 Å². The summed E-state index contributed by atoms with van der Waals surface area (Å²) in [6.45, 7) is 1.15. The van der Waals surface area contributed by atoms with E-state index in [1.165, 1.54) is 6.42 Å². The SMILES string of the molecule is CN(Cc1cccs1)C(=O)c1cc(NC(=O)C2CCCO2)c2c(c1)nc(C1CCC1)n2C. The number of fused-ring (bicyclic) bond motifs is 1. The third kappa shape index (κ3) is 3.93. The Morgan fingerprint density at radius 3 is 2.78 bits per heavy atom. The summed E-state index contributed by atoms with van der Waals surface area (Å²) < 4.78 is 7.64. The molecular weight excluding hydrogens is 424 g/mol. The Labute approximate surface area is 191 Å². The summed E-state index contributed by atoms with van der Waals surface area (Å²) in [4.78, 5) is 33.8. The molecule has 2 amide bonds. The second-order valence-corrected chi connectivity index (χ2v) is 9.81. The van der Waals surface area contributed by atoms with E-state index in [-0.39, 0.29) is 11.8 Å². The van der Waals surface area contributed by atoms with E-state index in [1.807, 2.05) is 30.6 Å². The van der Waals surface area contributed by atoms with Crippen LogP contribution in [0.1, 0.15) is 59.1 Å². The molecule has 2 aliphatic rings. The zero-order chi connectivity index (χ0) is 22.2. The minimum Gasteiger partial charge on any atom is -0.368 e. The first-order chi connectivity index (χ1) is 15.5. The van der Waals surface area contributed by atoms with Crippen molar-refractivity contribution in [3.05, 3.63) is 45.9 Å². The predicted molar refractivity (Wildman–Crippen MR) is 125 cm³/mol. The lowest BCUT2D eigenvalue weighted by Gasteiger charge is -2.24. The summed E-state index contributed by atoms with van der Waals surface area (Å²) in [6, 6.07) is 7.65. The molecule has 0 spiro atoms. The maximum absolute atomic E-state index is 13.3. The number of anilines is 1. The number of imidazole rings is 1. The number of amides is 2. The highest BCUT2D eigenvalue weighted by Gasteiger charge is 2.28. The monoisotopic (exact) mass is 452 g/mol. The van der Waals surface area contributed by atoms with E-state index in [9.17, 15) is 9.59 Å². The second kappa shape index (κ2) is 8.67. The summed E-state index contributed by atoms with van der Waals surface area (Å²) >= 11 is 1.63. The minimum absolute atomic E-state index is 0.0937. The van der Waals surface area contributed by atoms with Crippen LogP contribution in [0.2, 0.25) is 0 Å². The van der Waals surface area contributed by atoms with Gasteiger partial charge in [-0.05, 0) is 49.3 Å². The number of aryl methyl sites for hydroxylation is 1. The molecule has 7 nitrogen and oxygen atoms in total. The van der Waals surface area contributed by atoms with E-state index in [0.717, 1.165) is 47.4 Å². The van der Waals surface area contributed by atoms with Crippen LogP contribution in [-0.2, 0) is 23.1 Å². The minimum atomic E-state index is -0.440. The quantitative estimate of drug-likeness (QED) is 0.605. The maximum Gasteiger partial charge on any atom is 0.254 e. The van der Waals surface area contributed by atoms with Crippen molar-refractivity contribution < 1.29 is 14.3 Å². The molecular formula is C24H28N4O3S. The lowest BCUT2D eigenvalue weighted by Crippen LogP contribution is -2.28. The number of benzene rings is 1. The van der Waals surface area contributed by atoms with Crippen molar-refractivity contribution in [1.29, 1.82) is 0 Å². The Morgan fingerprint density at radius 1 is 1.28 bits per heavy atom. The molecule has 8 heteroatoms. The lowest BCUT2D eigenvalue weighted by molar-refractivity contribution is -0.124. The highest BCUT2D eigenvalue weighted by Crippen LogP contribution is 2.38. The van der Waals surface area contributed by atoms with Crippen molar-refractivity contribution in [1.82, 2.24) is 14.5 Å². The normalized spacial score (nSPS) is 18.6. The lowest BCUT2D eigenvalue weighted by atomic mass is 9.85. The Balaban J connectivity index is 1.51. The zero-order valence-corrected chi connectivity index (χ0v) is 19.3. The van der Waals surface area contributed by atoms with Gasteiger partial charge in [-0.2, -0.15) is 0 Å². The number of hydrogen-bond donors (Lipinski definition) is 1. The standard InChI is InChI=1S/C24H28N4O3S/c1-27(14-17-8-5-11-32-17)24(30)16-12-18-21(28(2)22(25-18)15-6-3-7-15)19(13-16)26-23(29)20-9-4-10-31-20/h5,8,11-13,15,20H,3-4,6-7,9-10,14H2,1-2H3,(H,26,29). The molecule has 2 fully saturated rings. The Kier molecular flexibility index (Phi) is 5.73. The smallest absolute Gasteiger partial charge is 0.254 e. The van der Waals surface area contributed by atoms with Crippen LogP contribution >= 0.6 is 11.3 Å². The fourth-order valence-electron chi connectivity index (χ4n) is 4.55. The fraction of sp³-hybridized carbons (Fsp3) is 0.458. The van der Waals surface area contributed by atoms with Gasteiger partial charge in [-0.1, -0.05) is 12.5 Å². The summed E-state index contributed by atoms with van der Waals surface area (Å²) in [5.41, 5.74) is 2.75. The molecule has 3 heterocycles. The first-order valence-electron chi connectivity index (χ1n) is 11.2. The highest BCUT2D eigenvalue weighted by molar-refractivity contribution is 7.09. The molecule has 2 aromatic heterocycles. The van der Waals surface area contributed by atoms with Crippen molar-refractivity contribution in [3.63, 3.8) is 0 Å². The molecule has 1 saturated heterocycles. The third-order valence-electron chi connectivity index (χ3n) is 6.52. The zero-order valence-electron chi connectivity index (χ0n) is 18.5. The highest BCUT2D eigenvalue weighted by atomic mass is 32.1. The van der Waals surface area contributed by atoms with Gasteiger partial charge in [0.1, 0.15) is 11.9 Å². The average Bonchev–Trinajstić information content (AvgIpc) is 3.49. The summed E-state index contributed by atoms with van der Waals surface area (Å²) in [5, 5.41) is 5.05. The van der Waals surface area contributed by atoms with Crippen LogP contribution < -0.4 is 5.32 Å². The number of thiophene rings is 1. The number of aromatic nitrogens is 2. The van der Waals surface area contributed by atoms with Crippen molar-refractivity contribution in [2.24, 2.45) is 7.05 Å². The van der Waals surface area contributed by atoms with E-state index >= 15 is 0 Å². The molecule has 1 atom stereocenters. The van der Waals surface area contributed by atoms with Gasteiger partial charge in [0.05, 0.1) is 23.3 Å². The van der Waals surface area contributed by atoms with Crippen LogP contribution in [0.3, 0.4) is 0 Å². The third-order valence-corrected chi connectivity index (χ3v) is 7.38. The van der Waals surface area contributed by atoms with Gasteiger partial charge >= 0.3 is 0 Å². The van der Waals surface area contributed by atoms with Crippen LogP contribution in [0.15, 0.2) is 29.6 Å². The Bertz CT molecular complexity index is 1140. The first kappa shape index (κ1) is 21.2. The van der Waals surface area contributed by atoms with Gasteiger partial charge in [0.15, 0.2) is 0 Å². The summed E-state index contributed by atoms with van der Waals surface area (Å²) in [5.74, 6) is 1.21. The average molecular weight is 453 g/mol. The van der Waals surface area contributed by atoms with Crippen LogP contribution in [0, 0.1) is 0 Å². The van der Waals surface area contributed by atoms with Crippen molar-refractivity contribution in [2.45, 2.75) is 50.7 Å². The van der Waals surface area contributed by atoms with Crippen molar-refractivity contribution >= 4 is 39.9 Å². The van der Waals surface area contributed by atoms with Gasteiger partial charge in [0.2, 0.25) is 0 Å². The molecule has 168 valence electrons. The van der Waals surface area contributed by atoms with Crippen LogP contribution in [0.25, 0.3) is 11.0 Å². The van der Waals surface area contributed by atoms with E-state index in [1.54, 1.807) is 29.4 Å². The largest absolute Gasteiger partial charge is 0.368 e. The number of ether oxygens (including phenoxy) is 1. The van der Waals surface area contributed by atoms with E-state index in [4.69, 9.17) is 9.72 Å². The number of nitrogens with zero attached hydrogens (tertiary/aromatic N) is 3. The van der Waals surface area contributed by atoms with Gasteiger partial charge in [-0.3, -0.25) is 9.59 Å². The molecule has 32 heavy (non-hydrogen) atoms. The van der Waals surface area contributed by atoms with Crippen LogP contribution in [0.5, 0.6) is 0 Å². The van der Waals surface area contributed by atoms with Crippen molar-refractivity contribution in [3.8, 4) is 0 Å². The molecule has 1 aliphatic carbocycles.